The molecule has 1 aliphatic carbocycles. The van der Waals surface area contributed by atoms with Gasteiger partial charge >= 0.3 is 6.03 Å². The number of hydrogen-bond acceptors (Lipinski definition) is 3. The molecule has 33 heavy (non-hydrogen) atoms. The van der Waals surface area contributed by atoms with Crippen molar-refractivity contribution in [1.29, 1.82) is 0 Å². The lowest BCUT2D eigenvalue weighted by Crippen LogP contribution is -2.32. The van der Waals surface area contributed by atoms with Crippen molar-refractivity contribution in [3.63, 3.8) is 0 Å². The summed E-state index contributed by atoms with van der Waals surface area (Å²) in [5.74, 6) is -0.00124. The minimum absolute atomic E-state index is 0.00124. The van der Waals surface area contributed by atoms with Gasteiger partial charge < -0.3 is 10.6 Å². The van der Waals surface area contributed by atoms with Crippen molar-refractivity contribution in [3.8, 4) is 5.69 Å². The van der Waals surface area contributed by atoms with Crippen LogP contribution in [0.4, 0.5) is 10.5 Å². The van der Waals surface area contributed by atoms with E-state index in [-0.39, 0.29) is 18.0 Å². The zero-order chi connectivity index (χ0) is 22.9. The number of hydrogen-bond donors (Lipinski definition) is 2. The van der Waals surface area contributed by atoms with Crippen LogP contribution in [-0.2, 0) is 17.6 Å². The summed E-state index contributed by atoms with van der Waals surface area (Å²) in [4.78, 5) is 26.4. The maximum absolute atomic E-state index is 12.8. The van der Waals surface area contributed by atoms with Gasteiger partial charge in [0.15, 0.2) is 0 Å². The number of carbonyl (C=O) groups excluding carboxylic acids is 2. The Balaban J connectivity index is 1.27. The Morgan fingerprint density at radius 2 is 1.88 bits per heavy atom. The predicted octanol–water partition coefficient (Wildman–Crippen LogP) is 3.76. The second kappa shape index (κ2) is 8.73. The molecule has 5 rings (SSSR count). The van der Waals surface area contributed by atoms with E-state index in [4.69, 9.17) is 0 Å². The Hall–Kier alpha value is -3.61. The third-order valence-corrected chi connectivity index (χ3v) is 6.44. The number of nitrogens with one attached hydrogen (secondary N) is 2. The molecule has 0 bridgehead atoms. The van der Waals surface area contributed by atoms with E-state index < -0.39 is 0 Å². The molecular formula is C26H29N5O2. The van der Waals surface area contributed by atoms with Gasteiger partial charge in [-0.2, -0.15) is 5.10 Å². The summed E-state index contributed by atoms with van der Waals surface area (Å²) in [5, 5.41) is 10.7. The summed E-state index contributed by atoms with van der Waals surface area (Å²) in [7, 11) is 0. The van der Waals surface area contributed by atoms with Crippen LogP contribution in [0.25, 0.3) is 5.69 Å². The summed E-state index contributed by atoms with van der Waals surface area (Å²) in [6.07, 6.45) is 5.11. The van der Waals surface area contributed by atoms with Crippen LogP contribution >= 0.6 is 0 Å². The van der Waals surface area contributed by atoms with Crippen LogP contribution in [0.5, 0.6) is 0 Å². The van der Waals surface area contributed by atoms with Gasteiger partial charge in [-0.25, -0.2) is 9.48 Å². The molecule has 0 spiro atoms. The third kappa shape index (κ3) is 4.35. The first-order chi connectivity index (χ1) is 16.0. The van der Waals surface area contributed by atoms with Crippen LogP contribution in [-0.4, -0.2) is 34.8 Å². The van der Waals surface area contributed by atoms with Crippen molar-refractivity contribution in [3.05, 3.63) is 76.6 Å². The summed E-state index contributed by atoms with van der Waals surface area (Å²) in [6, 6.07) is 14.0. The largest absolute Gasteiger partial charge is 0.349 e. The van der Waals surface area contributed by atoms with Crippen molar-refractivity contribution in [2.45, 2.75) is 45.6 Å². The topological polar surface area (TPSA) is 79.3 Å². The van der Waals surface area contributed by atoms with Crippen molar-refractivity contribution in [2.75, 3.05) is 18.0 Å². The number of benzene rings is 2. The van der Waals surface area contributed by atoms with E-state index in [9.17, 15) is 9.59 Å². The molecule has 3 aromatic rings. The average molecular weight is 444 g/mol. The molecule has 0 saturated carbocycles. The fourth-order valence-corrected chi connectivity index (χ4v) is 4.94. The number of amides is 3. The molecule has 170 valence electrons. The van der Waals surface area contributed by atoms with E-state index in [1.165, 1.54) is 16.8 Å². The minimum Gasteiger partial charge on any atom is -0.349 e. The lowest BCUT2D eigenvalue weighted by Gasteiger charge is -2.24. The number of urea groups is 1. The highest BCUT2D eigenvalue weighted by Gasteiger charge is 2.26. The fraction of sp³-hybridized carbons (Fsp3) is 0.346. The van der Waals surface area contributed by atoms with Gasteiger partial charge in [-0.05, 0) is 74.1 Å². The van der Waals surface area contributed by atoms with Gasteiger partial charge in [0.25, 0.3) is 0 Å². The van der Waals surface area contributed by atoms with Crippen LogP contribution in [0.2, 0.25) is 0 Å². The Morgan fingerprint density at radius 1 is 1.12 bits per heavy atom. The molecule has 7 heteroatoms. The molecule has 0 radical (unpaired) electrons. The highest BCUT2D eigenvalue weighted by Crippen LogP contribution is 2.31. The molecule has 1 atom stereocenters. The Kier molecular flexibility index (Phi) is 5.62. The van der Waals surface area contributed by atoms with E-state index in [1.807, 2.05) is 35.1 Å². The number of nitrogens with zero attached hydrogens (tertiary/aromatic N) is 3. The molecular weight excluding hydrogens is 414 g/mol. The third-order valence-electron chi connectivity index (χ3n) is 6.44. The van der Waals surface area contributed by atoms with Gasteiger partial charge in [0.2, 0.25) is 5.91 Å². The van der Waals surface area contributed by atoms with Crippen LogP contribution in [0, 0.1) is 13.8 Å². The van der Waals surface area contributed by atoms with E-state index in [0.29, 0.717) is 19.5 Å². The monoisotopic (exact) mass is 443 g/mol. The van der Waals surface area contributed by atoms with Gasteiger partial charge in [0.1, 0.15) is 0 Å². The zero-order valence-corrected chi connectivity index (χ0v) is 19.1. The molecule has 3 amide bonds. The average Bonchev–Trinajstić information content (AvgIpc) is 3.40. The fourth-order valence-electron chi connectivity index (χ4n) is 4.94. The Labute approximate surface area is 193 Å². The van der Waals surface area contributed by atoms with Gasteiger partial charge in [-0.3, -0.25) is 9.69 Å². The standard InChI is InChI=1S/C26H29N5O2/c1-17-12-18(2)14-21(13-17)31-24-5-3-4-23(22(24)16-28-31)29-25(32)15-19-6-8-20(9-7-19)30-11-10-27-26(30)33/h6-9,12-14,16,23H,3-5,10-11,15H2,1-2H3,(H,27,33)(H,29,32)/t23-/m1/s1. The highest BCUT2D eigenvalue weighted by molar-refractivity contribution is 5.94. The van der Waals surface area contributed by atoms with Gasteiger partial charge in [-0.1, -0.05) is 18.2 Å². The van der Waals surface area contributed by atoms with Crippen molar-refractivity contribution in [1.82, 2.24) is 20.4 Å². The molecule has 2 heterocycles. The summed E-state index contributed by atoms with van der Waals surface area (Å²) >= 11 is 0. The molecule has 1 saturated heterocycles. The molecule has 2 aliphatic rings. The van der Waals surface area contributed by atoms with Crippen LogP contribution in [0.1, 0.15) is 46.8 Å². The van der Waals surface area contributed by atoms with E-state index in [1.54, 1.807) is 4.90 Å². The number of aromatic nitrogens is 2. The first-order valence-electron chi connectivity index (χ1n) is 11.6. The summed E-state index contributed by atoms with van der Waals surface area (Å²) in [5.41, 5.74) is 7.58. The molecule has 1 aliphatic heterocycles. The van der Waals surface area contributed by atoms with Gasteiger partial charge in [0, 0.05) is 30.0 Å². The maximum atomic E-state index is 12.8. The predicted molar refractivity (Wildman–Crippen MR) is 128 cm³/mol. The van der Waals surface area contributed by atoms with E-state index in [2.05, 4.69) is 47.8 Å². The quantitative estimate of drug-likeness (QED) is 0.630. The number of aryl methyl sites for hydroxylation is 2. The smallest absolute Gasteiger partial charge is 0.321 e. The van der Waals surface area contributed by atoms with Crippen molar-refractivity contribution >= 4 is 17.6 Å². The van der Waals surface area contributed by atoms with Crippen molar-refractivity contribution < 1.29 is 9.59 Å². The van der Waals surface area contributed by atoms with E-state index in [0.717, 1.165) is 41.8 Å². The summed E-state index contributed by atoms with van der Waals surface area (Å²) < 4.78 is 2.03. The molecule has 7 nitrogen and oxygen atoms in total. The van der Waals surface area contributed by atoms with E-state index >= 15 is 0 Å². The molecule has 1 fully saturated rings. The number of carbonyl (C=O) groups is 2. The highest BCUT2D eigenvalue weighted by atomic mass is 16.2. The molecule has 2 N–H and O–H groups in total. The Morgan fingerprint density at radius 3 is 2.58 bits per heavy atom. The second-order valence-corrected chi connectivity index (χ2v) is 9.04. The number of anilines is 1. The second-order valence-electron chi connectivity index (χ2n) is 9.04. The molecule has 2 aromatic carbocycles. The number of rotatable bonds is 5. The van der Waals surface area contributed by atoms with Crippen LogP contribution in [0.15, 0.2) is 48.7 Å². The van der Waals surface area contributed by atoms with Crippen LogP contribution in [0.3, 0.4) is 0 Å². The maximum Gasteiger partial charge on any atom is 0.321 e. The zero-order valence-electron chi connectivity index (χ0n) is 19.1. The Bertz CT molecular complexity index is 1180. The normalized spacial score (nSPS) is 17.6. The van der Waals surface area contributed by atoms with Gasteiger partial charge in [-0.15, -0.1) is 0 Å². The lowest BCUT2D eigenvalue weighted by atomic mass is 9.92. The lowest BCUT2D eigenvalue weighted by molar-refractivity contribution is -0.121. The first-order valence-corrected chi connectivity index (χ1v) is 11.6. The van der Waals surface area contributed by atoms with Gasteiger partial charge in [0.05, 0.1) is 24.3 Å². The van der Waals surface area contributed by atoms with Crippen LogP contribution < -0.4 is 15.5 Å². The first kappa shape index (κ1) is 21.2. The minimum atomic E-state index is -0.0741. The number of fused-ring (bicyclic) bond motifs is 1. The summed E-state index contributed by atoms with van der Waals surface area (Å²) in [6.45, 7) is 5.52. The van der Waals surface area contributed by atoms with Crippen molar-refractivity contribution in [2.24, 2.45) is 0 Å². The molecule has 0 unspecified atom stereocenters. The molecule has 1 aromatic heterocycles. The SMILES string of the molecule is Cc1cc(C)cc(-n2ncc3c2CCC[C@H]3NC(=O)Cc2ccc(N3CCNC3=O)cc2)c1.